The number of aromatic nitrogens is 3. The number of amides is 3. The number of pyridine rings is 1. The number of likely N-dealkylation sites (tertiary alicyclic amines) is 1. The number of fused-ring (bicyclic) bond motifs is 1. The predicted octanol–water partition coefficient (Wildman–Crippen LogP) is 2.27. The minimum Gasteiger partial charge on any atom is -0.354 e. The van der Waals surface area contributed by atoms with Gasteiger partial charge in [-0.2, -0.15) is 0 Å². The Morgan fingerprint density at radius 1 is 1.09 bits per heavy atom. The lowest BCUT2D eigenvalue weighted by Crippen LogP contribution is -2.52. The van der Waals surface area contributed by atoms with Crippen molar-refractivity contribution in [2.45, 2.75) is 43.7 Å². The van der Waals surface area contributed by atoms with E-state index in [-0.39, 0.29) is 35.4 Å². The van der Waals surface area contributed by atoms with Crippen molar-refractivity contribution in [1.29, 1.82) is 0 Å². The molecule has 178 valence electrons. The van der Waals surface area contributed by atoms with Crippen LogP contribution in [0, 0.1) is 5.82 Å². The molecular weight excluding hydrogens is 439 g/mol. The summed E-state index contributed by atoms with van der Waals surface area (Å²) in [4.78, 5) is 46.6. The number of imidazole rings is 1. The number of aromatic amines is 1. The fourth-order valence-corrected chi connectivity index (χ4v) is 5.02. The van der Waals surface area contributed by atoms with Crippen molar-refractivity contribution in [3.8, 4) is 0 Å². The zero-order valence-electron chi connectivity index (χ0n) is 18.7. The fraction of sp³-hybridized carbons (Fsp3) is 0.417. The van der Waals surface area contributed by atoms with E-state index in [0.29, 0.717) is 51.0 Å². The van der Waals surface area contributed by atoms with Gasteiger partial charge in [-0.3, -0.25) is 14.3 Å². The van der Waals surface area contributed by atoms with E-state index in [1.54, 1.807) is 27.8 Å². The number of nitrogens with zero attached hydrogens (tertiary/aromatic N) is 3. The van der Waals surface area contributed by atoms with Crippen LogP contribution in [-0.4, -0.2) is 57.0 Å². The molecule has 2 saturated heterocycles. The van der Waals surface area contributed by atoms with Gasteiger partial charge < -0.3 is 15.5 Å². The van der Waals surface area contributed by atoms with E-state index in [4.69, 9.17) is 0 Å². The summed E-state index contributed by atoms with van der Waals surface area (Å²) in [5.41, 5.74) is 1.97. The van der Waals surface area contributed by atoms with Crippen LogP contribution in [0.5, 0.6) is 0 Å². The predicted molar refractivity (Wildman–Crippen MR) is 124 cm³/mol. The number of hydrogen-bond acceptors (Lipinski definition) is 4. The molecule has 3 N–H and O–H groups in total. The van der Waals surface area contributed by atoms with Crippen molar-refractivity contribution in [2.24, 2.45) is 0 Å². The molecule has 0 unspecified atom stereocenters. The normalized spacial score (nSPS) is 21.8. The number of halogens is 1. The summed E-state index contributed by atoms with van der Waals surface area (Å²) in [6.07, 6.45) is 4.04. The standard InChI is InChI=1S/C24H27FN6O3/c25-17-4-1-3-15(13-17)16-6-7-19(22(32)27-14-16)28-23(33)30-11-8-18(9-12-30)31-20-5-2-10-26-21(20)29-24(31)34/h1-5,10,13,16,18-19H,6-9,11-12,14H2,(H,27,32)(H,28,33)(H,26,29,34)/t16-,19-/m1/s1. The van der Waals surface area contributed by atoms with Crippen molar-refractivity contribution in [1.82, 2.24) is 30.1 Å². The van der Waals surface area contributed by atoms with Gasteiger partial charge in [0.25, 0.3) is 0 Å². The molecule has 9 nitrogen and oxygen atoms in total. The minimum atomic E-state index is -0.633. The maximum atomic E-state index is 13.6. The Kier molecular flexibility index (Phi) is 6.04. The van der Waals surface area contributed by atoms with Crippen LogP contribution < -0.4 is 16.3 Å². The molecule has 2 aliphatic rings. The van der Waals surface area contributed by atoms with Crippen LogP contribution in [0.4, 0.5) is 9.18 Å². The third-order valence-electron chi connectivity index (χ3n) is 6.87. The number of nitrogens with one attached hydrogen (secondary N) is 3. The molecule has 2 aromatic heterocycles. The third-order valence-corrected chi connectivity index (χ3v) is 6.87. The largest absolute Gasteiger partial charge is 0.354 e. The van der Waals surface area contributed by atoms with Gasteiger partial charge in [-0.25, -0.2) is 19.0 Å². The van der Waals surface area contributed by atoms with Crippen molar-refractivity contribution in [3.05, 3.63) is 64.5 Å². The highest BCUT2D eigenvalue weighted by Gasteiger charge is 2.31. The Balaban J connectivity index is 1.19. The Labute approximate surface area is 195 Å². The molecule has 3 amide bonds. The van der Waals surface area contributed by atoms with Crippen LogP contribution >= 0.6 is 0 Å². The average molecular weight is 467 g/mol. The first-order valence-electron chi connectivity index (χ1n) is 11.6. The number of carbonyl (C=O) groups is 2. The van der Waals surface area contributed by atoms with Gasteiger partial charge in [0, 0.05) is 37.8 Å². The molecule has 0 radical (unpaired) electrons. The SMILES string of the molecule is O=C1NC[C@H](c2cccc(F)c2)CC[C@H]1NC(=O)N1CCC(n2c(=O)[nH]c3ncccc32)CC1. The van der Waals surface area contributed by atoms with E-state index in [1.807, 2.05) is 12.1 Å². The number of carbonyl (C=O) groups excluding carboxylic acids is 2. The zero-order valence-corrected chi connectivity index (χ0v) is 18.7. The van der Waals surface area contributed by atoms with E-state index < -0.39 is 6.04 Å². The monoisotopic (exact) mass is 466 g/mol. The van der Waals surface area contributed by atoms with Crippen LogP contribution in [0.1, 0.15) is 43.2 Å². The minimum absolute atomic E-state index is 0.00118. The molecule has 2 fully saturated rings. The average Bonchev–Trinajstić information content (AvgIpc) is 3.07. The van der Waals surface area contributed by atoms with Gasteiger partial charge >= 0.3 is 11.7 Å². The lowest BCUT2D eigenvalue weighted by molar-refractivity contribution is -0.122. The second kappa shape index (κ2) is 9.28. The molecule has 0 bridgehead atoms. The summed E-state index contributed by atoms with van der Waals surface area (Å²) >= 11 is 0. The first kappa shape index (κ1) is 22.1. The Morgan fingerprint density at radius 3 is 2.71 bits per heavy atom. The number of H-pyrrole nitrogens is 1. The Hall–Kier alpha value is -3.69. The molecular formula is C24H27FN6O3. The molecule has 1 aromatic carbocycles. The fourth-order valence-electron chi connectivity index (χ4n) is 5.02. The van der Waals surface area contributed by atoms with Crippen LogP contribution in [-0.2, 0) is 4.79 Å². The molecule has 10 heteroatoms. The highest BCUT2D eigenvalue weighted by molar-refractivity contribution is 5.87. The third kappa shape index (κ3) is 4.40. The maximum Gasteiger partial charge on any atom is 0.327 e. The Morgan fingerprint density at radius 2 is 1.91 bits per heavy atom. The summed E-state index contributed by atoms with van der Waals surface area (Å²) in [6, 6.07) is 9.14. The van der Waals surface area contributed by atoms with Crippen molar-refractivity contribution in [2.75, 3.05) is 19.6 Å². The highest BCUT2D eigenvalue weighted by Crippen LogP contribution is 2.26. The van der Waals surface area contributed by atoms with E-state index in [1.165, 1.54) is 12.1 Å². The van der Waals surface area contributed by atoms with Crippen molar-refractivity contribution in [3.63, 3.8) is 0 Å². The van der Waals surface area contributed by atoms with E-state index >= 15 is 0 Å². The smallest absolute Gasteiger partial charge is 0.327 e. The summed E-state index contributed by atoms with van der Waals surface area (Å²) in [7, 11) is 0. The van der Waals surface area contributed by atoms with Gasteiger partial charge in [-0.15, -0.1) is 0 Å². The molecule has 2 aliphatic heterocycles. The first-order chi connectivity index (χ1) is 16.5. The van der Waals surface area contributed by atoms with Crippen molar-refractivity contribution < 1.29 is 14.0 Å². The van der Waals surface area contributed by atoms with Gasteiger partial charge in [0.15, 0.2) is 5.65 Å². The van der Waals surface area contributed by atoms with E-state index in [2.05, 4.69) is 20.6 Å². The summed E-state index contributed by atoms with van der Waals surface area (Å²) in [5, 5.41) is 5.75. The topological polar surface area (TPSA) is 112 Å². The second-order valence-electron chi connectivity index (χ2n) is 8.97. The lowest BCUT2D eigenvalue weighted by atomic mass is 9.94. The van der Waals surface area contributed by atoms with Crippen LogP contribution in [0.2, 0.25) is 0 Å². The van der Waals surface area contributed by atoms with Gasteiger partial charge in [0.2, 0.25) is 5.91 Å². The van der Waals surface area contributed by atoms with Gasteiger partial charge in [0.1, 0.15) is 11.9 Å². The quantitative estimate of drug-likeness (QED) is 0.550. The van der Waals surface area contributed by atoms with Gasteiger partial charge in [0.05, 0.1) is 5.52 Å². The van der Waals surface area contributed by atoms with Crippen LogP contribution in [0.25, 0.3) is 11.2 Å². The zero-order chi connectivity index (χ0) is 23.7. The van der Waals surface area contributed by atoms with Gasteiger partial charge in [-0.05, 0) is 55.5 Å². The molecule has 0 spiro atoms. The highest BCUT2D eigenvalue weighted by atomic mass is 19.1. The van der Waals surface area contributed by atoms with E-state index in [0.717, 1.165) is 11.1 Å². The van der Waals surface area contributed by atoms with Crippen LogP contribution in [0.3, 0.4) is 0 Å². The molecule has 34 heavy (non-hydrogen) atoms. The summed E-state index contributed by atoms with van der Waals surface area (Å²) in [6.45, 7) is 1.38. The number of urea groups is 1. The maximum absolute atomic E-state index is 13.6. The lowest BCUT2D eigenvalue weighted by Gasteiger charge is -2.33. The van der Waals surface area contributed by atoms with E-state index in [9.17, 15) is 18.8 Å². The van der Waals surface area contributed by atoms with Crippen molar-refractivity contribution >= 4 is 23.1 Å². The molecule has 2 atom stereocenters. The molecule has 3 aromatic rings. The number of piperidine rings is 1. The number of benzene rings is 1. The van der Waals surface area contributed by atoms with Gasteiger partial charge in [-0.1, -0.05) is 12.1 Å². The molecule has 0 saturated carbocycles. The second-order valence-corrected chi connectivity index (χ2v) is 8.97. The number of rotatable bonds is 3. The number of hydrogen-bond donors (Lipinski definition) is 3. The molecule has 4 heterocycles. The Bertz CT molecular complexity index is 1260. The van der Waals surface area contributed by atoms with Crippen LogP contribution in [0.15, 0.2) is 47.4 Å². The first-order valence-corrected chi connectivity index (χ1v) is 11.6. The summed E-state index contributed by atoms with van der Waals surface area (Å²) in [5.74, 6) is -0.520. The summed E-state index contributed by atoms with van der Waals surface area (Å²) < 4.78 is 15.3. The molecule has 0 aliphatic carbocycles. The molecule has 5 rings (SSSR count).